The van der Waals surface area contributed by atoms with Crippen molar-refractivity contribution < 1.29 is 13.2 Å². The molecular formula is C8H10N2O3S. The maximum absolute atomic E-state index is 11.1. The van der Waals surface area contributed by atoms with Crippen molar-refractivity contribution in [2.24, 2.45) is 5.73 Å². The topological polar surface area (TPSA) is 103 Å². The first-order chi connectivity index (χ1) is 6.32. The molecule has 0 unspecified atom stereocenters. The van der Waals surface area contributed by atoms with Crippen LogP contribution in [0, 0.1) is 0 Å². The lowest BCUT2D eigenvalue weighted by atomic mass is 10.2. The summed E-state index contributed by atoms with van der Waals surface area (Å²) in [5.41, 5.74) is 10.7. The number of amides is 1. The second kappa shape index (κ2) is 3.30. The van der Waals surface area contributed by atoms with Crippen LogP contribution in [0.4, 0.5) is 5.69 Å². The van der Waals surface area contributed by atoms with Gasteiger partial charge in [-0.2, -0.15) is 0 Å². The monoisotopic (exact) mass is 214 g/mol. The summed E-state index contributed by atoms with van der Waals surface area (Å²) in [6, 6.07) is 3.85. The largest absolute Gasteiger partial charge is 0.398 e. The van der Waals surface area contributed by atoms with E-state index < -0.39 is 15.7 Å². The van der Waals surface area contributed by atoms with E-state index in [1.165, 1.54) is 18.2 Å². The molecule has 1 aromatic carbocycles. The highest BCUT2D eigenvalue weighted by molar-refractivity contribution is 7.90. The number of benzene rings is 1. The van der Waals surface area contributed by atoms with Gasteiger partial charge in [-0.15, -0.1) is 0 Å². The number of hydrogen-bond donors (Lipinski definition) is 2. The van der Waals surface area contributed by atoms with Crippen LogP contribution in [0.15, 0.2) is 23.1 Å². The fraction of sp³-hybridized carbons (Fsp3) is 0.125. The van der Waals surface area contributed by atoms with Gasteiger partial charge in [-0.1, -0.05) is 0 Å². The highest BCUT2D eigenvalue weighted by Crippen LogP contribution is 2.19. The van der Waals surface area contributed by atoms with Crippen LogP contribution < -0.4 is 11.5 Å². The molecule has 5 nitrogen and oxygen atoms in total. The number of rotatable bonds is 2. The third-order valence-electron chi connectivity index (χ3n) is 1.69. The van der Waals surface area contributed by atoms with Gasteiger partial charge in [-0.25, -0.2) is 8.42 Å². The Bertz CT molecular complexity index is 479. The number of sulfone groups is 1. The van der Waals surface area contributed by atoms with Crippen LogP contribution in [0.1, 0.15) is 10.4 Å². The van der Waals surface area contributed by atoms with E-state index >= 15 is 0 Å². The van der Waals surface area contributed by atoms with Crippen molar-refractivity contribution in [3.8, 4) is 0 Å². The molecule has 1 amide bonds. The van der Waals surface area contributed by atoms with Crippen molar-refractivity contribution in [1.29, 1.82) is 0 Å². The van der Waals surface area contributed by atoms with E-state index in [-0.39, 0.29) is 16.1 Å². The van der Waals surface area contributed by atoms with Crippen molar-refractivity contribution in [2.75, 3.05) is 12.0 Å². The maximum Gasteiger partial charge on any atom is 0.248 e. The smallest absolute Gasteiger partial charge is 0.248 e. The first-order valence-corrected chi connectivity index (χ1v) is 5.61. The van der Waals surface area contributed by atoms with Gasteiger partial charge >= 0.3 is 0 Å². The number of hydrogen-bond acceptors (Lipinski definition) is 4. The number of carbonyl (C=O) groups excluding carboxylic acids is 1. The number of nitrogen functional groups attached to an aromatic ring is 1. The predicted octanol–water partition coefficient (Wildman–Crippen LogP) is -0.229. The quantitative estimate of drug-likeness (QED) is 0.663. The number of anilines is 1. The molecule has 0 bridgehead atoms. The number of nitrogens with two attached hydrogens (primary N) is 2. The Morgan fingerprint density at radius 3 is 2.29 bits per heavy atom. The summed E-state index contributed by atoms with van der Waals surface area (Å²) in [6.45, 7) is 0. The third-order valence-corrected chi connectivity index (χ3v) is 2.86. The molecule has 0 aliphatic rings. The summed E-state index contributed by atoms with van der Waals surface area (Å²) in [7, 11) is -3.35. The Morgan fingerprint density at radius 2 is 1.93 bits per heavy atom. The molecule has 1 aromatic rings. The summed E-state index contributed by atoms with van der Waals surface area (Å²) < 4.78 is 22.3. The minimum Gasteiger partial charge on any atom is -0.398 e. The van der Waals surface area contributed by atoms with E-state index in [1.807, 2.05) is 0 Å². The molecule has 0 aromatic heterocycles. The van der Waals surface area contributed by atoms with Crippen LogP contribution >= 0.6 is 0 Å². The van der Waals surface area contributed by atoms with Crippen LogP contribution in [-0.4, -0.2) is 20.6 Å². The van der Waals surface area contributed by atoms with E-state index in [4.69, 9.17) is 11.5 Å². The second-order valence-electron chi connectivity index (χ2n) is 2.89. The van der Waals surface area contributed by atoms with Gasteiger partial charge in [0.1, 0.15) is 0 Å². The lowest BCUT2D eigenvalue weighted by molar-refractivity contribution is 0.1000. The zero-order chi connectivity index (χ0) is 10.9. The molecule has 0 saturated heterocycles. The van der Waals surface area contributed by atoms with E-state index in [9.17, 15) is 13.2 Å². The number of primary amides is 1. The average Bonchev–Trinajstić information content (AvgIpc) is 2.01. The fourth-order valence-corrected chi connectivity index (χ4v) is 1.84. The molecule has 76 valence electrons. The number of carbonyl (C=O) groups is 1. The van der Waals surface area contributed by atoms with Crippen molar-refractivity contribution in [2.45, 2.75) is 4.90 Å². The van der Waals surface area contributed by atoms with Crippen molar-refractivity contribution in [3.63, 3.8) is 0 Å². The molecule has 4 N–H and O–H groups in total. The lowest BCUT2D eigenvalue weighted by Crippen LogP contribution is -2.12. The van der Waals surface area contributed by atoms with Crippen LogP contribution in [0.2, 0.25) is 0 Å². The molecule has 0 atom stereocenters. The van der Waals surface area contributed by atoms with E-state index in [0.29, 0.717) is 0 Å². The van der Waals surface area contributed by atoms with Crippen LogP contribution in [0.3, 0.4) is 0 Å². The first kappa shape index (κ1) is 10.5. The Balaban J connectivity index is 3.35. The van der Waals surface area contributed by atoms with Gasteiger partial charge in [0.25, 0.3) is 0 Å². The Labute approximate surface area is 81.6 Å². The highest BCUT2D eigenvalue weighted by Gasteiger charge is 2.12. The van der Waals surface area contributed by atoms with E-state index in [0.717, 1.165) is 6.26 Å². The third kappa shape index (κ3) is 2.02. The molecule has 0 spiro atoms. The summed E-state index contributed by atoms with van der Waals surface area (Å²) in [5.74, 6) is -0.642. The molecular weight excluding hydrogens is 204 g/mol. The van der Waals surface area contributed by atoms with Crippen LogP contribution in [0.5, 0.6) is 0 Å². The molecule has 0 heterocycles. The van der Waals surface area contributed by atoms with Crippen LogP contribution in [0.25, 0.3) is 0 Å². The first-order valence-electron chi connectivity index (χ1n) is 3.72. The minimum atomic E-state index is -3.35. The van der Waals surface area contributed by atoms with Crippen molar-refractivity contribution in [1.82, 2.24) is 0 Å². The summed E-state index contributed by atoms with van der Waals surface area (Å²) in [5, 5.41) is 0. The zero-order valence-electron chi connectivity index (χ0n) is 7.52. The average molecular weight is 214 g/mol. The Hall–Kier alpha value is -1.56. The molecule has 0 fully saturated rings. The van der Waals surface area contributed by atoms with Gasteiger partial charge in [0.2, 0.25) is 5.91 Å². The van der Waals surface area contributed by atoms with Gasteiger partial charge < -0.3 is 11.5 Å². The summed E-state index contributed by atoms with van der Waals surface area (Å²) in [6.07, 6.45) is 1.04. The molecule has 0 aliphatic heterocycles. The summed E-state index contributed by atoms with van der Waals surface area (Å²) in [4.78, 5) is 10.7. The minimum absolute atomic E-state index is 0.00231. The van der Waals surface area contributed by atoms with Crippen molar-refractivity contribution in [3.05, 3.63) is 23.8 Å². The van der Waals surface area contributed by atoms with Crippen molar-refractivity contribution >= 4 is 21.4 Å². The SMILES string of the molecule is CS(=O)(=O)c1ccc(C(N)=O)cc1N. The van der Waals surface area contributed by atoms with Gasteiger partial charge in [0.05, 0.1) is 10.6 Å². The molecule has 1 rings (SSSR count). The van der Waals surface area contributed by atoms with E-state index in [1.54, 1.807) is 0 Å². The normalized spacial score (nSPS) is 11.2. The molecule has 0 radical (unpaired) electrons. The molecule has 6 heteroatoms. The van der Waals surface area contributed by atoms with Gasteiger partial charge in [0.15, 0.2) is 9.84 Å². The maximum atomic E-state index is 11.1. The van der Waals surface area contributed by atoms with Gasteiger partial charge in [-0.3, -0.25) is 4.79 Å². The standard InChI is InChI=1S/C8H10N2O3S/c1-14(12,13)7-3-2-5(8(10)11)4-6(7)9/h2-4H,9H2,1H3,(H2,10,11). The molecule has 14 heavy (non-hydrogen) atoms. The van der Waals surface area contributed by atoms with E-state index in [2.05, 4.69) is 0 Å². The predicted molar refractivity (Wildman–Crippen MR) is 52.5 cm³/mol. The molecule has 0 aliphatic carbocycles. The van der Waals surface area contributed by atoms with Crippen LogP contribution in [-0.2, 0) is 9.84 Å². The summed E-state index contributed by atoms with van der Waals surface area (Å²) >= 11 is 0. The Morgan fingerprint density at radius 1 is 1.36 bits per heavy atom. The van der Waals surface area contributed by atoms with Gasteiger partial charge in [-0.05, 0) is 18.2 Å². The zero-order valence-corrected chi connectivity index (χ0v) is 8.34. The Kier molecular flexibility index (Phi) is 2.48. The molecule has 0 saturated carbocycles. The second-order valence-corrected chi connectivity index (χ2v) is 4.87. The fourth-order valence-electron chi connectivity index (χ4n) is 1.04. The highest BCUT2D eigenvalue weighted by atomic mass is 32.2. The van der Waals surface area contributed by atoms with Gasteiger partial charge in [0, 0.05) is 11.8 Å². The lowest BCUT2D eigenvalue weighted by Gasteiger charge is -2.04.